The molecule has 0 spiro atoms. The third-order valence-electron chi connectivity index (χ3n) is 6.37. The van der Waals surface area contributed by atoms with Crippen LogP contribution in [0.15, 0.2) is 66.9 Å². The first-order valence-electron chi connectivity index (χ1n) is 11.5. The smallest absolute Gasteiger partial charge is 0.252 e. The van der Waals surface area contributed by atoms with E-state index in [-0.39, 0.29) is 12.7 Å². The number of hydrogen-bond acceptors (Lipinski definition) is 5. The lowest BCUT2D eigenvalue weighted by atomic mass is 10.0. The van der Waals surface area contributed by atoms with Gasteiger partial charge in [-0.05, 0) is 42.3 Å². The van der Waals surface area contributed by atoms with Gasteiger partial charge in [0.05, 0.1) is 16.8 Å². The quantitative estimate of drug-likeness (QED) is 0.346. The number of benzene rings is 3. The number of hydrogen-bond donors (Lipinski definition) is 3. The molecule has 0 radical (unpaired) electrons. The number of fused-ring (bicyclic) bond motifs is 3. The molecule has 0 atom stereocenters. The van der Waals surface area contributed by atoms with Gasteiger partial charge < -0.3 is 25.5 Å². The van der Waals surface area contributed by atoms with Crippen LogP contribution in [0.4, 0.5) is 0 Å². The predicted molar refractivity (Wildman–Crippen MR) is 135 cm³/mol. The highest BCUT2D eigenvalue weighted by Gasteiger charge is 2.21. The maximum atomic E-state index is 13.5. The summed E-state index contributed by atoms with van der Waals surface area (Å²) in [5.74, 6) is 1.06. The van der Waals surface area contributed by atoms with Crippen molar-refractivity contribution in [3.63, 3.8) is 0 Å². The largest absolute Gasteiger partial charge is 0.454 e. The lowest BCUT2D eigenvalue weighted by molar-refractivity contribution is 0.0952. The van der Waals surface area contributed by atoms with Crippen molar-refractivity contribution in [3.05, 3.63) is 89.1 Å². The summed E-state index contributed by atoms with van der Waals surface area (Å²) in [7, 11) is 0. The van der Waals surface area contributed by atoms with Crippen LogP contribution in [0.25, 0.3) is 33.1 Å². The zero-order valence-electron chi connectivity index (χ0n) is 19.2. The molecule has 3 aromatic carbocycles. The summed E-state index contributed by atoms with van der Waals surface area (Å²) in [5.41, 5.74) is 12.8. The molecule has 1 aliphatic rings. The van der Waals surface area contributed by atoms with Crippen molar-refractivity contribution < 1.29 is 14.3 Å². The minimum Gasteiger partial charge on any atom is -0.454 e. The van der Waals surface area contributed by atoms with Crippen LogP contribution in [-0.2, 0) is 13.1 Å². The summed E-state index contributed by atoms with van der Waals surface area (Å²) >= 11 is 0. The monoisotopic (exact) mass is 464 g/mol. The van der Waals surface area contributed by atoms with E-state index in [1.807, 2.05) is 48.7 Å². The second-order valence-corrected chi connectivity index (χ2v) is 8.73. The average molecular weight is 465 g/mol. The Morgan fingerprint density at radius 2 is 1.77 bits per heavy atom. The molecule has 3 heterocycles. The zero-order chi connectivity index (χ0) is 23.9. The fourth-order valence-corrected chi connectivity index (χ4v) is 4.46. The average Bonchev–Trinajstić information content (AvgIpc) is 3.51. The molecule has 0 aliphatic carbocycles. The van der Waals surface area contributed by atoms with Gasteiger partial charge >= 0.3 is 0 Å². The van der Waals surface area contributed by atoms with Crippen molar-refractivity contribution in [2.24, 2.45) is 5.73 Å². The molecule has 7 nitrogen and oxygen atoms in total. The molecular formula is C28H24N4O3. The van der Waals surface area contributed by atoms with E-state index >= 15 is 0 Å². The van der Waals surface area contributed by atoms with Crippen LogP contribution in [0.2, 0.25) is 0 Å². The first-order chi connectivity index (χ1) is 17.1. The van der Waals surface area contributed by atoms with E-state index in [1.54, 1.807) is 0 Å². The van der Waals surface area contributed by atoms with Crippen LogP contribution in [0.3, 0.4) is 0 Å². The van der Waals surface area contributed by atoms with Gasteiger partial charge in [-0.25, -0.2) is 4.98 Å². The van der Waals surface area contributed by atoms with Crippen LogP contribution >= 0.6 is 0 Å². The normalized spacial score (nSPS) is 12.4. The van der Waals surface area contributed by atoms with Crippen molar-refractivity contribution in [2.75, 3.05) is 6.79 Å². The summed E-state index contributed by atoms with van der Waals surface area (Å²) in [5, 5.41) is 4.83. The number of carbonyl (C=O) groups excluding carboxylic acids is 1. The lowest BCUT2D eigenvalue weighted by Crippen LogP contribution is -2.23. The molecule has 6 rings (SSSR count). The van der Waals surface area contributed by atoms with Gasteiger partial charge in [-0.15, -0.1) is 0 Å². The number of aromatic amines is 1. The Labute approximate surface area is 201 Å². The van der Waals surface area contributed by atoms with E-state index in [0.717, 1.165) is 33.2 Å². The topological polar surface area (TPSA) is 102 Å². The summed E-state index contributed by atoms with van der Waals surface area (Å²) in [4.78, 5) is 21.7. The van der Waals surface area contributed by atoms with E-state index in [1.165, 1.54) is 0 Å². The number of ether oxygens (including phenoxy) is 2. The Balaban J connectivity index is 1.43. The Bertz CT molecular complexity index is 1590. The predicted octanol–water partition coefficient (Wildman–Crippen LogP) is 4.81. The van der Waals surface area contributed by atoms with E-state index < -0.39 is 0 Å². The Kier molecular flexibility index (Phi) is 5.12. The Morgan fingerprint density at radius 1 is 1.00 bits per heavy atom. The third kappa shape index (κ3) is 3.86. The highest BCUT2D eigenvalue weighted by molar-refractivity contribution is 6.09. The fourth-order valence-electron chi connectivity index (χ4n) is 4.46. The molecular weight excluding hydrogens is 440 g/mol. The molecule has 2 aromatic heterocycles. The van der Waals surface area contributed by atoms with Gasteiger partial charge in [0.15, 0.2) is 11.5 Å². The van der Waals surface area contributed by atoms with Gasteiger partial charge in [-0.2, -0.15) is 0 Å². The van der Waals surface area contributed by atoms with Crippen LogP contribution in [-0.4, -0.2) is 22.7 Å². The Morgan fingerprint density at radius 3 is 2.57 bits per heavy atom. The van der Waals surface area contributed by atoms with Crippen LogP contribution in [0.5, 0.6) is 11.5 Å². The first-order valence-corrected chi connectivity index (χ1v) is 11.5. The fraction of sp³-hybridized carbons (Fsp3) is 0.143. The minimum absolute atomic E-state index is 0.153. The standard InChI is InChI=1S/C28H24N4O3/c1-16-2-7-23-19(8-16)22(14-30-23)24-9-21(20-10-26-27(35-15-34-26)11-25(20)32-24)28(33)31-13-18-5-3-17(12-29)4-6-18/h2-11,14,30H,12-13,15,29H2,1H3,(H,31,33). The number of amides is 1. The highest BCUT2D eigenvalue weighted by atomic mass is 16.7. The van der Waals surface area contributed by atoms with E-state index in [2.05, 4.69) is 35.4 Å². The number of pyridine rings is 1. The summed E-state index contributed by atoms with van der Waals surface area (Å²) in [6, 6.07) is 19.7. The highest BCUT2D eigenvalue weighted by Crippen LogP contribution is 2.38. The molecule has 174 valence electrons. The maximum absolute atomic E-state index is 13.5. The molecule has 0 saturated carbocycles. The number of aromatic nitrogens is 2. The number of rotatable bonds is 5. The van der Waals surface area contributed by atoms with Crippen molar-refractivity contribution in [1.29, 1.82) is 0 Å². The number of aryl methyl sites for hydroxylation is 1. The second kappa shape index (κ2) is 8.45. The van der Waals surface area contributed by atoms with Crippen LogP contribution in [0.1, 0.15) is 27.0 Å². The molecule has 1 aliphatic heterocycles. The zero-order valence-corrected chi connectivity index (χ0v) is 19.2. The van der Waals surface area contributed by atoms with E-state index in [9.17, 15) is 4.79 Å². The molecule has 0 fully saturated rings. The number of nitrogens with one attached hydrogen (secondary N) is 2. The van der Waals surface area contributed by atoms with Crippen LogP contribution in [0, 0.1) is 6.92 Å². The lowest BCUT2D eigenvalue weighted by Gasteiger charge is -2.12. The summed E-state index contributed by atoms with van der Waals surface area (Å²) in [6.45, 7) is 3.10. The second-order valence-electron chi connectivity index (χ2n) is 8.73. The number of nitrogens with two attached hydrogens (primary N) is 1. The van der Waals surface area contributed by atoms with Crippen LogP contribution < -0.4 is 20.5 Å². The third-order valence-corrected chi connectivity index (χ3v) is 6.37. The van der Waals surface area contributed by atoms with E-state index in [0.29, 0.717) is 46.7 Å². The van der Waals surface area contributed by atoms with Crippen molar-refractivity contribution in [2.45, 2.75) is 20.0 Å². The van der Waals surface area contributed by atoms with Crippen molar-refractivity contribution in [1.82, 2.24) is 15.3 Å². The van der Waals surface area contributed by atoms with Gasteiger partial charge in [-0.3, -0.25) is 4.79 Å². The van der Waals surface area contributed by atoms with Gasteiger partial charge in [0, 0.05) is 47.2 Å². The Hall–Kier alpha value is -4.36. The summed E-state index contributed by atoms with van der Waals surface area (Å²) in [6.07, 6.45) is 1.94. The van der Waals surface area contributed by atoms with Gasteiger partial charge in [0.2, 0.25) is 6.79 Å². The minimum atomic E-state index is -0.184. The summed E-state index contributed by atoms with van der Waals surface area (Å²) < 4.78 is 11.1. The molecule has 4 N–H and O–H groups in total. The molecule has 0 unspecified atom stereocenters. The maximum Gasteiger partial charge on any atom is 0.252 e. The van der Waals surface area contributed by atoms with Crippen molar-refractivity contribution in [3.8, 4) is 22.8 Å². The molecule has 0 saturated heterocycles. The van der Waals surface area contributed by atoms with Gasteiger partial charge in [0.25, 0.3) is 5.91 Å². The first kappa shape index (κ1) is 21.2. The molecule has 1 amide bonds. The number of H-pyrrole nitrogens is 1. The molecule has 0 bridgehead atoms. The number of carbonyl (C=O) groups is 1. The molecule has 5 aromatic rings. The SMILES string of the molecule is Cc1ccc2[nH]cc(-c3cc(C(=O)NCc4ccc(CN)cc4)c4cc5c(cc4n3)OCO5)c2c1. The number of nitrogens with zero attached hydrogens (tertiary/aromatic N) is 1. The van der Waals surface area contributed by atoms with Crippen molar-refractivity contribution >= 4 is 27.7 Å². The molecule has 7 heteroatoms. The van der Waals surface area contributed by atoms with Gasteiger partial charge in [0.1, 0.15) is 0 Å². The molecule has 35 heavy (non-hydrogen) atoms. The van der Waals surface area contributed by atoms with Gasteiger partial charge in [-0.1, -0.05) is 35.9 Å². The van der Waals surface area contributed by atoms with E-state index in [4.69, 9.17) is 20.2 Å².